The van der Waals surface area contributed by atoms with Crippen LogP contribution in [0.15, 0.2) is 21.5 Å². The predicted octanol–water partition coefficient (Wildman–Crippen LogP) is 1.70. The average Bonchev–Trinajstić information content (AvgIpc) is 2.07. The first-order chi connectivity index (χ1) is 6.32. The third-order valence-electron chi connectivity index (χ3n) is 1.59. The molecular weight excluding hydrogens is 265 g/mol. The van der Waals surface area contributed by atoms with Crippen molar-refractivity contribution in [1.29, 1.82) is 0 Å². The first-order valence-electron chi connectivity index (χ1n) is 3.53. The van der Waals surface area contributed by atoms with E-state index < -0.39 is 17.8 Å². The molecule has 14 heavy (non-hydrogen) atoms. The standard InChI is InChI=1S/C7H6BrF3N2O/c8-4-1-3(2-13-6(4)14)5(12)7(9,10)11/h1-2,5H,12H2,(H,13,14). The molecule has 0 bridgehead atoms. The molecule has 1 rings (SSSR count). The summed E-state index contributed by atoms with van der Waals surface area (Å²) >= 11 is 2.81. The summed E-state index contributed by atoms with van der Waals surface area (Å²) in [6, 6.07) is -1.03. The van der Waals surface area contributed by atoms with Crippen molar-refractivity contribution in [2.24, 2.45) is 5.73 Å². The highest BCUT2D eigenvalue weighted by molar-refractivity contribution is 9.10. The molecule has 0 saturated heterocycles. The molecular formula is C7H6BrF3N2O. The van der Waals surface area contributed by atoms with E-state index in [2.05, 4.69) is 20.9 Å². The van der Waals surface area contributed by atoms with Crippen LogP contribution >= 0.6 is 15.9 Å². The molecule has 7 heteroatoms. The Morgan fingerprint density at radius 3 is 2.50 bits per heavy atom. The van der Waals surface area contributed by atoms with Gasteiger partial charge in [0.2, 0.25) is 0 Å². The molecule has 0 amide bonds. The van der Waals surface area contributed by atoms with E-state index in [9.17, 15) is 18.0 Å². The second kappa shape index (κ2) is 3.74. The summed E-state index contributed by atoms with van der Waals surface area (Å²) in [6.07, 6.45) is -3.57. The van der Waals surface area contributed by atoms with Gasteiger partial charge in [0.15, 0.2) is 0 Å². The monoisotopic (exact) mass is 270 g/mol. The molecule has 3 N–H and O–H groups in total. The average molecular weight is 271 g/mol. The van der Waals surface area contributed by atoms with E-state index in [0.29, 0.717) is 0 Å². The van der Waals surface area contributed by atoms with Crippen LogP contribution < -0.4 is 11.3 Å². The fourth-order valence-corrected chi connectivity index (χ4v) is 1.22. The smallest absolute Gasteiger partial charge is 0.328 e. The van der Waals surface area contributed by atoms with Crippen molar-refractivity contribution < 1.29 is 13.2 Å². The minimum atomic E-state index is -4.52. The van der Waals surface area contributed by atoms with Gasteiger partial charge in [0.05, 0.1) is 4.47 Å². The minimum absolute atomic E-state index is 0.0229. The zero-order valence-corrected chi connectivity index (χ0v) is 8.32. The number of nitrogens with two attached hydrogens (primary N) is 1. The normalized spacial score (nSPS) is 14.1. The van der Waals surface area contributed by atoms with Gasteiger partial charge in [0.25, 0.3) is 5.56 Å². The summed E-state index contributed by atoms with van der Waals surface area (Å²) in [6.45, 7) is 0. The van der Waals surface area contributed by atoms with Crippen molar-refractivity contribution in [1.82, 2.24) is 4.98 Å². The quantitative estimate of drug-likeness (QED) is 0.816. The van der Waals surface area contributed by atoms with Crippen LogP contribution in [-0.4, -0.2) is 11.2 Å². The number of pyridine rings is 1. The van der Waals surface area contributed by atoms with Crippen molar-refractivity contribution in [3.8, 4) is 0 Å². The minimum Gasteiger partial charge on any atom is -0.328 e. The summed E-state index contributed by atoms with van der Waals surface area (Å²) in [5.74, 6) is 0. The first-order valence-corrected chi connectivity index (χ1v) is 4.32. The summed E-state index contributed by atoms with van der Waals surface area (Å²) in [7, 11) is 0. The summed E-state index contributed by atoms with van der Waals surface area (Å²) in [5.41, 5.74) is 4.24. The number of H-pyrrole nitrogens is 1. The first kappa shape index (κ1) is 11.3. The molecule has 0 aliphatic rings. The van der Waals surface area contributed by atoms with Gasteiger partial charge in [-0.1, -0.05) is 0 Å². The zero-order chi connectivity index (χ0) is 10.9. The number of rotatable bonds is 1. The van der Waals surface area contributed by atoms with Gasteiger partial charge in [-0.05, 0) is 27.6 Å². The maximum absolute atomic E-state index is 12.1. The largest absolute Gasteiger partial charge is 0.407 e. The molecule has 78 valence electrons. The Bertz CT molecular complexity index is 387. The number of aromatic nitrogens is 1. The lowest BCUT2D eigenvalue weighted by Gasteiger charge is -2.15. The second-order valence-corrected chi connectivity index (χ2v) is 3.48. The highest BCUT2D eigenvalue weighted by atomic mass is 79.9. The maximum atomic E-state index is 12.1. The molecule has 0 spiro atoms. The summed E-state index contributed by atoms with van der Waals surface area (Å²) in [5, 5.41) is 0. The molecule has 1 aromatic heterocycles. The van der Waals surface area contributed by atoms with E-state index in [1.54, 1.807) is 0 Å². The van der Waals surface area contributed by atoms with Gasteiger partial charge in [0.1, 0.15) is 6.04 Å². The zero-order valence-electron chi connectivity index (χ0n) is 6.73. The van der Waals surface area contributed by atoms with E-state index in [-0.39, 0.29) is 10.0 Å². The van der Waals surface area contributed by atoms with Crippen LogP contribution in [0.1, 0.15) is 11.6 Å². The number of hydrogen-bond donors (Lipinski definition) is 2. The Morgan fingerprint density at radius 1 is 1.50 bits per heavy atom. The lowest BCUT2D eigenvalue weighted by molar-refractivity contribution is -0.149. The fraction of sp³-hybridized carbons (Fsp3) is 0.286. The SMILES string of the molecule is NC(c1c[nH]c(=O)c(Br)c1)C(F)(F)F. The molecule has 1 heterocycles. The number of nitrogens with one attached hydrogen (secondary N) is 1. The van der Waals surface area contributed by atoms with E-state index in [1.165, 1.54) is 0 Å². The topological polar surface area (TPSA) is 58.9 Å². The summed E-state index contributed by atoms with van der Waals surface area (Å²) in [4.78, 5) is 13.0. The van der Waals surface area contributed by atoms with E-state index in [0.717, 1.165) is 12.3 Å². The molecule has 0 aliphatic carbocycles. The third-order valence-corrected chi connectivity index (χ3v) is 2.18. The highest BCUT2D eigenvalue weighted by Crippen LogP contribution is 2.30. The number of halogens is 4. The Morgan fingerprint density at radius 2 is 2.07 bits per heavy atom. The van der Waals surface area contributed by atoms with Gasteiger partial charge < -0.3 is 10.7 Å². The predicted molar refractivity (Wildman–Crippen MR) is 47.7 cm³/mol. The van der Waals surface area contributed by atoms with Crippen molar-refractivity contribution in [2.45, 2.75) is 12.2 Å². The Balaban J connectivity index is 3.09. The van der Waals surface area contributed by atoms with Gasteiger partial charge in [-0.15, -0.1) is 0 Å². The maximum Gasteiger partial charge on any atom is 0.407 e. The number of hydrogen-bond acceptors (Lipinski definition) is 2. The molecule has 0 aliphatic heterocycles. The van der Waals surface area contributed by atoms with Crippen LogP contribution in [0, 0.1) is 0 Å². The van der Waals surface area contributed by atoms with E-state index in [4.69, 9.17) is 5.73 Å². The number of alkyl halides is 3. The molecule has 0 saturated carbocycles. The van der Waals surface area contributed by atoms with Crippen LogP contribution in [-0.2, 0) is 0 Å². The van der Waals surface area contributed by atoms with Crippen molar-refractivity contribution in [2.75, 3.05) is 0 Å². The van der Waals surface area contributed by atoms with Crippen molar-refractivity contribution >= 4 is 15.9 Å². The van der Waals surface area contributed by atoms with Gasteiger partial charge >= 0.3 is 6.18 Å². The van der Waals surface area contributed by atoms with Gasteiger partial charge in [0, 0.05) is 6.20 Å². The van der Waals surface area contributed by atoms with E-state index >= 15 is 0 Å². The lowest BCUT2D eigenvalue weighted by Crippen LogP contribution is -2.29. The van der Waals surface area contributed by atoms with Crippen LogP contribution in [0.4, 0.5) is 13.2 Å². The fourth-order valence-electron chi connectivity index (χ4n) is 0.840. The second-order valence-electron chi connectivity index (χ2n) is 2.63. The van der Waals surface area contributed by atoms with Crippen molar-refractivity contribution in [3.05, 3.63) is 32.7 Å². The van der Waals surface area contributed by atoms with Gasteiger partial charge in [-0.3, -0.25) is 4.79 Å². The third kappa shape index (κ3) is 2.36. The Hall–Kier alpha value is -0.820. The number of aromatic amines is 1. The van der Waals surface area contributed by atoms with E-state index in [1.807, 2.05) is 0 Å². The van der Waals surface area contributed by atoms with Crippen LogP contribution in [0.5, 0.6) is 0 Å². The molecule has 1 aromatic rings. The molecule has 0 radical (unpaired) electrons. The lowest BCUT2D eigenvalue weighted by atomic mass is 10.1. The molecule has 1 atom stereocenters. The van der Waals surface area contributed by atoms with Gasteiger partial charge in [-0.25, -0.2) is 0 Å². The van der Waals surface area contributed by atoms with Crippen LogP contribution in [0.3, 0.4) is 0 Å². The van der Waals surface area contributed by atoms with Crippen LogP contribution in [0.2, 0.25) is 0 Å². The van der Waals surface area contributed by atoms with Crippen LogP contribution in [0.25, 0.3) is 0 Å². The van der Waals surface area contributed by atoms with Crippen molar-refractivity contribution in [3.63, 3.8) is 0 Å². The molecule has 1 unspecified atom stereocenters. The molecule has 0 aromatic carbocycles. The Labute approximate surface area is 85.2 Å². The highest BCUT2D eigenvalue weighted by Gasteiger charge is 2.38. The Kier molecular flexibility index (Phi) is 3.01. The summed E-state index contributed by atoms with van der Waals surface area (Å²) < 4.78 is 36.4. The molecule has 0 fully saturated rings. The van der Waals surface area contributed by atoms with Gasteiger partial charge in [-0.2, -0.15) is 13.2 Å². The molecule has 3 nitrogen and oxygen atoms in total.